The number of nitrogens with zero attached hydrogens (tertiary/aromatic N) is 1. The zero-order valence-corrected chi connectivity index (χ0v) is 10.6. The van der Waals surface area contributed by atoms with Crippen LogP contribution in [0.3, 0.4) is 0 Å². The Labute approximate surface area is 103 Å². The third-order valence-electron chi connectivity index (χ3n) is 3.50. The molecule has 0 radical (unpaired) electrons. The average molecular weight is 249 g/mol. The third kappa shape index (κ3) is 3.09. The summed E-state index contributed by atoms with van der Waals surface area (Å²) in [6.07, 6.45) is 2.87. The zero-order chi connectivity index (χ0) is 10.7. The summed E-state index contributed by atoms with van der Waals surface area (Å²) in [6, 6.07) is 0.403. The lowest BCUT2D eigenvalue weighted by molar-refractivity contribution is -0.139. The number of rotatable bonds is 2. The van der Waals surface area contributed by atoms with E-state index in [1.807, 2.05) is 11.9 Å². The number of hydrogen-bond acceptors (Lipinski definition) is 3. The lowest BCUT2D eigenvalue weighted by Crippen LogP contribution is -2.43. The second-order valence-electron chi connectivity index (χ2n) is 4.48. The summed E-state index contributed by atoms with van der Waals surface area (Å²) >= 11 is 0. The minimum Gasteiger partial charge on any atom is -0.381 e. The topological polar surface area (TPSA) is 41.6 Å². The van der Waals surface area contributed by atoms with E-state index in [9.17, 15) is 4.79 Å². The molecule has 1 unspecified atom stereocenters. The Morgan fingerprint density at radius 2 is 2.00 bits per heavy atom. The van der Waals surface area contributed by atoms with Gasteiger partial charge in [0.05, 0.1) is 0 Å². The van der Waals surface area contributed by atoms with Crippen LogP contribution in [0.15, 0.2) is 0 Å². The Hall–Kier alpha value is -0.320. The SMILES string of the molecule is CN(C(=O)C1CCOCC1)C1CCNC1.Cl. The summed E-state index contributed by atoms with van der Waals surface area (Å²) in [5.41, 5.74) is 0. The molecule has 2 rings (SSSR count). The number of amides is 1. The summed E-state index contributed by atoms with van der Waals surface area (Å²) in [6.45, 7) is 3.47. The molecule has 2 fully saturated rings. The monoisotopic (exact) mass is 248 g/mol. The lowest BCUT2D eigenvalue weighted by Gasteiger charge is -2.30. The van der Waals surface area contributed by atoms with Gasteiger partial charge in [-0.15, -0.1) is 12.4 Å². The molecule has 0 aromatic rings. The average Bonchev–Trinajstić information content (AvgIpc) is 2.82. The number of hydrogen-bond donors (Lipinski definition) is 1. The fourth-order valence-corrected chi connectivity index (χ4v) is 2.38. The van der Waals surface area contributed by atoms with Crippen molar-refractivity contribution >= 4 is 18.3 Å². The Morgan fingerprint density at radius 3 is 2.56 bits per heavy atom. The predicted octanol–water partition coefficient (Wildman–Crippen LogP) is 0.655. The standard InChI is InChI=1S/C11H20N2O2.ClH/c1-13(10-2-5-12-8-10)11(14)9-3-6-15-7-4-9;/h9-10,12H,2-8H2,1H3;1H. The molecule has 5 heteroatoms. The highest BCUT2D eigenvalue weighted by Gasteiger charge is 2.29. The summed E-state index contributed by atoms with van der Waals surface area (Å²) in [4.78, 5) is 14.1. The van der Waals surface area contributed by atoms with Crippen LogP contribution in [0.5, 0.6) is 0 Å². The molecule has 2 saturated heterocycles. The van der Waals surface area contributed by atoms with Crippen LogP contribution in [0.1, 0.15) is 19.3 Å². The quantitative estimate of drug-likeness (QED) is 0.781. The first-order valence-corrected chi connectivity index (χ1v) is 5.84. The van der Waals surface area contributed by atoms with E-state index < -0.39 is 0 Å². The zero-order valence-electron chi connectivity index (χ0n) is 9.78. The molecule has 0 saturated carbocycles. The van der Waals surface area contributed by atoms with Crippen LogP contribution >= 0.6 is 12.4 Å². The van der Waals surface area contributed by atoms with Gasteiger partial charge in [0.15, 0.2) is 0 Å². The second-order valence-corrected chi connectivity index (χ2v) is 4.48. The van der Waals surface area contributed by atoms with E-state index in [4.69, 9.17) is 4.74 Å². The molecule has 4 nitrogen and oxygen atoms in total. The van der Waals surface area contributed by atoms with Crippen molar-refractivity contribution in [3.63, 3.8) is 0 Å². The minimum absolute atomic E-state index is 0. The van der Waals surface area contributed by atoms with Crippen LogP contribution in [-0.2, 0) is 9.53 Å². The molecule has 0 bridgehead atoms. The third-order valence-corrected chi connectivity index (χ3v) is 3.50. The number of likely N-dealkylation sites (N-methyl/N-ethyl adjacent to an activating group) is 1. The number of halogens is 1. The van der Waals surface area contributed by atoms with Crippen LogP contribution < -0.4 is 5.32 Å². The van der Waals surface area contributed by atoms with E-state index in [0.717, 1.165) is 45.6 Å². The molecule has 0 spiro atoms. The number of nitrogens with one attached hydrogen (secondary N) is 1. The molecule has 0 aliphatic carbocycles. The largest absolute Gasteiger partial charge is 0.381 e. The maximum atomic E-state index is 12.1. The van der Waals surface area contributed by atoms with Crippen molar-refractivity contribution in [1.29, 1.82) is 0 Å². The van der Waals surface area contributed by atoms with Gasteiger partial charge in [-0.1, -0.05) is 0 Å². The fraction of sp³-hybridized carbons (Fsp3) is 0.909. The van der Waals surface area contributed by atoms with Gasteiger partial charge < -0.3 is 15.0 Å². The van der Waals surface area contributed by atoms with E-state index in [-0.39, 0.29) is 18.3 Å². The molecule has 2 heterocycles. The van der Waals surface area contributed by atoms with E-state index >= 15 is 0 Å². The molecule has 1 amide bonds. The molecule has 0 aromatic heterocycles. The van der Waals surface area contributed by atoms with Gasteiger partial charge in [0.25, 0.3) is 0 Å². The molecule has 0 aromatic carbocycles. The summed E-state index contributed by atoms with van der Waals surface area (Å²) in [7, 11) is 1.94. The van der Waals surface area contributed by atoms with Gasteiger partial charge in [0, 0.05) is 38.8 Å². The predicted molar refractivity (Wildman–Crippen MR) is 64.8 cm³/mol. The Bertz CT molecular complexity index is 226. The second kappa shape index (κ2) is 6.42. The smallest absolute Gasteiger partial charge is 0.225 e. The van der Waals surface area contributed by atoms with Crippen molar-refractivity contribution in [2.75, 3.05) is 33.4 Å². The highest BCUT2D eigenvalue weighted by atomic mass is 35.5. The van der Waals surface area contributed by atoms with Crippen LogP contribution in [0.25, 0.3) is 0 Å². The highest BCUT2D eigenvalue weighted by Crippen LogP contribution is 2.19. The molecule has 16 heavy (non-hydrogen) atoms. The number of carbonyl (C=O) groups excluding carboxylic acids is 1. The summed E-state index contributed by atoms with van der Waals surface area (Å²) < 4.78 is 5.27. The van der Waals surface area contributed by atoms with Crippen LogP contribution in [0, 0.1) is 5.92 Å². The molecule has 2 aliphatic heterocycles. The van der Waals surface area contributed by atoms with E-state index in [1.54, 1.807) is 0 Å². The minimum atomic E-state index is 0. The van der Waals surface area contributed by atoms with Crippen LogP contribution in [0.4, 0.5) is 0 Å². The molecule has 94 valence electrons. The molecular formula is C11H21ClN2O2. The molecule has 1 atom stereocenters. The van der Waals surface area contributed by atoms with Gasteiger partial charge in [-0.05, 0) is 25.8 Å². The van der Waals surface area contributed by atoms with Gasteiger partial charge in [0.2, 0.25) is 5.91 Å². The van der Waals surface area contributed by atoms with Gasteiger partial charge in [-0.25, -0.2) is 0 Å². The van der Waals surface area contributed by atoms with E-state index in [0.29, 0.717) is 11.9 Å². The first kappa shape index (κ1) is 13.7. The maximum absolute atomic E-state index is 12.1. The van der Waals surface area contributed by atoms with Crippen molar-refractivity contribution in [3.05, 3.63) is 0 Å². The van der Waals surface area contributed by atoms with Gasteiger partial charge in [-0.3, -0.25) is 4.79 Å². The fourth-order valence-electron chi connectivity index (χ4n) is 2.38. The van der Waals surface area contributed by atoms with Gasteiger partial charge in [0.1, 0.15) is 0 Å². The number of ether oxygens (including phenoxy) is 1. The molecule has 2 aliphatic rings. The Kier molecular flexibility index (Phi) is 5.52. The van der Waals surface area contributed by atoms with Crippen LogP contribution in [0.2, 0.25) is 0 Å². The normalized spacial score (nSPS) is 26.2. The maximum Gasteiger partial charge on any atom is 0.225 e. The van der Waals surface area contributed by atoms with Crippen molar-refractivity contribution < 1.29 is 9.53 Å². The molecule has 1 N–H and O–H groups in total. The van der Waals surface area contributed by atoms with Crippen molar-refractivity contribution in [1.82, 2.24) is 10.2 Å². The first-order chi connectivity index (χ1) is 7.29. The van der Waals surface area contributed by atoms with E-state index in [1.165, 1.54) is 0 Å². The molecular weight excluding hydrogens is 228 g/mol. The van der Waals surface area contributed by atoms with E-state index in [2.05, 4.69) is 5.32 Å². The van der Waals surface area contributed by atoms with Crippen molar-refractivity contribution in [2.45, 2.75) is 25.3 Å². The van der Waals surface area contributed by atoms with Gasteiger partial charge >= 0.3 is 0 Å². The van der Waals surface area contributed by atoms with Crippen molar-refractivity contribution in [2.24, 2.45) is 5.92 Å². The lowest BCUT2D eigenvalue weighted by atomic mass is 9.98. The van der Waals surface area contributed by atoms with Crippen LogP contribution in [-0.4, -0.2) is 50.2 Å². The first-order valence-electron chi connectivity index (χ1n) is 5.84. The van der Waals surface area contributed by atoms with Gasteiger partial charge in [-0.2, -0.15) is 0 Å². The summed E-state index contributed by atoms with van der Waals surface area (Å²) in [5.74, 6) is 0.511. The Balaban J connectivity index is 0.00000128. The summed E-state index contributed by atoms with van der Waals surface area (Å²) in [5, 5.41) is 3.29. The number of carbonyl (C=O) groups is 1. The highest BCUT2D eigenvalue weighted by molar-refractivity contribution is 5.85. The van der Waals surface area contributed by atoms with Crippen molar-refractivity contribution in [3.8, 4) is 0 Å². The Morgan fingerprint density at radius 1 is 1.31 bits per heavy atom.